The average Bonchev–Trinajstić information content (AvgIpc) is 3.12. The highest BCUT2D eigenvalue weighted by Gasteiger charge is 2.31. The van der Waals surface area contributed by atoms with Crippen LogP contribution in [-0.2, 0) is 6.18 Å². The van der Waals surface area contributed by atoms with Gasteiger partial charge >= 0.3 is 6.18 Å². The van der Waals surface area contributed by atoms with Gasteiger partial charge in [0.25, 0.3) is 5.91 Å². The van der Waals surface area contributed by atoms with E-state index < -0.39 is 11.7 Å². The topological polar surface area (TPSA) is 45.2 Å². The van der Waals surface area contributed by atoms with Crippen LogP contribution in [0.15, 0.2) is 29.6 Å². The molecule has 1 aromatic heterocycles. The van der Waals surface area contributed by atoms with Crippen LogP contribution >= 0.6 is 11.3 Å². The van der Waals surface area contributed by atoms with E-state index in [9.17, 15) is 18.0 Å². The second kappa shape index (κ2) is 7.75. The van der Waals surface area contributed by atoms with Gasteiger partial charge in [0.2, 0.25) is 0 Å². The van der Waals surface area contributed by atoms with E-state index in [1.165, 1.54) is 17.4 Å². The molecule has 1 aliphatic heterocycles. The first-order valence-electron chi connectivity index (χ1n) is 8.45. The summed E-state index contributed by atoms with van der Waals surface area (Å²) in [5.74, 6) is 0.419. The standard InChI is InChI=1S/C18H20F3N3OS/c1-22-10-12-5-7-24(8-6-12)17(25)15-11-26-16(23-15)13-3-2-4-14(9-13)18(19,20)21/h2-4,9,11-12,22H,5-8,10H2,1H3. The number of amides is 1. The van der Waals surface area contributed by atoms with Crippen molar-refractivity contribution in [3.05, 3.63) is 40.9 Å². The van der Waals surface area contributed by atoms with Crippen LogP contribution in [0.1, 0.15) is 28.9 Å². The van der Waals surface area contributed by atoms with E-state index in [0.29, 0.717) is 35.3 Å². The third kappa shape index (κ3) is 4.24. The molecule has 1 fully saturated rings. The van der Waals surface area contributed by atoms with Gasteiger partial charge in [-0.25, -0.2) is 4.98 Å². The molecule has 2 aromatic rings. The van der Waals surface area contributed by atoms with Crippen molar-refractivity contribution in [1.82, 2.24) is 15.2 Å². The number of carbonyl (C=O) groups excluding carboxylic acids is 1. The second-order valence-electron chi connectivity index (χ2n) is 6.41. The van der Waals surface area contributed by atoms with Crippen LogP contribution in [0.2, 0.25) is 0 Å². The molecule has 0 spiro atoms. The zero-order valence-electron chi connectivity index (χ0n) is 14.3. The van der Waals surface area contributed by atoms with Crippen molar-refractivity contribution in [3.8, 4) is 10.6 Å². The maximum atomic E-state index is 12.9. The summed E-state index contributed by atoms with van der Waals surface area (Å²) in [7, 11) is 1.92. The number of nitrogens with zero attached hydrogens (tertiary/aromatic N) is 2. The highest BCUT2D eigenvalue weighted by molar-refractivity contribution is 7.13. The molecule has 4 nitrogen and oxygen atoms in total. The van der Waals surface area contributed by atoms with Crippen LogP contribution in [-0.4, -0.2) is 42.5 Å². The first-order chi connectivity index (χ1) is 12.4. The molecule has 2 heterocycles. The Morgan fingerprint density at radius 2 is 2.08 bits per heavy atom. The number of thiazole rings is 1. The predicted molar refractivity (Wildman–Crippen MR) is 95.1 cm³/mol. The van der Waals surface area contributed by atoms with Gasteiger partial charge in [-0.05, 0) is 44.5 Å². The number of alkyl halides is 3. The Bertz CT molecular complexity index is 767. The van der Waals surface area contributed by atoms with Gasteiger partial charge in [0.1, 0.15) is 10.7 Å². The summed E-state index contributed by atoms with van der Waals surface area (Å²) in [6.07, 6.45) is -2.52. The highest BCUT2D eigenvalue weighted by atomic mass is 32.1. The number of likely N-dealkylation sites (tertiary alicyclic amines) is 1. The summed E-state index contributed by atoms with van der Waals surface area (Å²) in [6.45, 7) is 2.31. The van der Waals surface area contributed by atoms with Crippen molar-refractivity contribution >= 4 is 17.2 Å². The number of hydrogen-bond donors (Lipinski definition) is 1. The Labute approximate surface area is 154 Å². The molecule has 0 bridgehead atoms. The summed E-state index contributed by atoms with van der Waals surface area (Å²) in [6, 6.07) is 5.02. The molecule has 0 radical (unpaired) electrons. The van der Waals surface area contributed by atoms with Crippen molar-refractivity contribution in [2.75, 3.05) is 26.7 Å². The van der Waals surface area contributed by atoms with Gasteiger partial charge in [0, 0.05) is 24.0 Å². The number of nitrogens with one attached hydrogen (secondary N) is 1. The molecule has 0 unspecified atom stereocenters. The second-order valence-corrected chi connectivity index (χ2v) is 7.27. The van der Waals surface area contributed by atoms with Crippen LogP contribution in [0, 0.1) is 5.92 Å². The fraction of sp³-hybridized carbons (Fsp3) is 0.444. The zero-order valence-corrected chi connectivity index (χ0v) is 15.2. The molecule has 0 atom stereocenters. The molecule has 0 saturated carbocycles. The maximum absolute atomic E-state index is 12.9. The van der Waals surface area contributed by atoms with Crippen molar-refractivity contribution in [2.24, 2.45) is 5.92 Å². The van der Waals surface area contributed by atoms with E-state index in [1.54, 1.807) is 16.3 Å². The molecule has 1 N–H and O–H groups in total. The summed E-state index contributed by atoms with van der Waals surface area (Å²) in [4.78, 5) is 18.7. The van der Waals surface area contributed by atoms with Gasteiger partial charge < -0.3 is 10.2 Å². The van der Waals surface area contributed by atoms with Crippen LogP contribution in [0.5, 0.6) is 0 Å². The number of rotatable bonds is 4. The quantitative estimate of drug-likeness (QED) is 0.871. The predicted octanol–water partition coefficient (Wildman–Crippen LogP) is 3.90. The van der Waals surface area contributed by atoms with Gasteiger partial charge in [-0.15, -0.1) is 11.3 Å². The lowest BCUT2D eigenvalue weighted by Crippen LogP contribution is -2.40. The molecule has 26 heavy (non-hydrogen) atoms. The van der Waals surface area contributed by atoms with Crippen molar-refractivity contribution in [1.29, 1.82) is 0 Å². The van der Waals surface area contributed by atoms with E-state index in [-0.39, 0.29) is 5.91 Å². The number of benzene rings is 1. The van der Waals surface area contributed by atoms with Gasteiger partial charge in [-0.3, -0.25) is 4.79 Å². The van der Waals surface area contributed by atoms with Crippen molar-refractivity contribution < 1.29 is 18.0 Å². The summed E-state index contributed by atoms with van der Waals surface area (Å²) in [5, 5.41) is 5.20. The lowest BCUT2D eigenvalue weighted by atomic mass is 9.97. The maximum Gasteiger partial charge on any atom is 0.416 e. The Morgan fingerprint density at radius 1 is 1.35 bits per heavy atom. The van der Waals surface area contributed by atoms with E-state index in [2.05, 4.69) is 10.3 Å². The molecule has 1 aliphatic rings. The van der Waals surface area contributed by atoms with Crippen LogP contribution < -0.4 is 5.32 Å². The van der Waals surface area contributed by atoms with E-state index in [0.717, 1.165) is 31.5 Å². The fourth-order valence-corrected chi connectivity index (χ4v) is 3.91. The Morgan fingerprint density at radius 3 is 2.73 bits per heavy atom. The molecular formula is C18H20F3N3OS. The van der Waals surface area contributed by atoms with Crippen molar-refractivity contribution in [2.45, 2.75) is 19.0 Å². The summed E-state index contributed by atoms with van der Waals surface area (Å²) >= 11 is 1.19. The molecule has 1 amide bonds. The summed E-state index contributed by atoms with van der Waals surface area (Å²) < 4.78 is 38.6. The van der Waals surface area contributed by atoms with E-state index in [1.807, 2.05) is 7.05 Å². The molecule has 0 aliphatic carbocycles. The van der Waals surface area contributed by atoms with Gasteiger partial charge in [-0.1, -0.05) is 12.1 Å². The number of carbonyl (C=O) groups is 1. The fourth-order valence-electron chi connectivity index (χ4n) is 3.12. The normalized spacial score (nSPS) is 16.1. The van der Waals surface area contributed by atoms with Crippen LogP contribution in [0.3, 0.4) is 0 Å². The largest absolute Gasteiger partial charge is 0.416 e. The van der Waals surface area contributed by atoms with Crippen LogP contribution in [0.25, 0.3) is 10.6 Å². The van der Waals surface area contributed by atoms with Gasteiger partial charge in [0.05, 0.1) is 5.56 Å². The monoisotopic (exact) mass is 383 g/mol. The molecular weight excluding hydrogens is 363 g/mol. The molecule has 3 rings (SSSR count). The third-order valence-electron chi connectivity index (χ3n) is 4.55. The first kappa shape index (κ1) is 18.8. The van der Waals surface area contributed by atoms with E-state index >= 15 is 0 Å². The minimum absolute atomic E-state index is 0.151. The minimum Gasteiger partial charge on any atom is -0.337 e. The minimum atomic E-state index is -4.40. The highest BCUT2D eigenvalue weighted by Crippen LogP contribution is 2.33. The molecule has 1 saturated heterocycles. The number of aromatic nitrogens is 1. The van der Waals surface area contributed by atoms with Crippen molar-refractivity contribution in [3.63, 3.8) is 0 Å². The SMILES string of the molecule is CNCC1CCN(C(=O)c2csc(-c3cccc(C(F)(F)F)c3)n2)CC1. The molecule has 1 aromatic carbocycles. The Balaban J connectivity index is 1.71. The number of halogens is 3. The van der Waals surface area contributed by atoms with E-state index in [4.69, 9.17) is 0 Å². The van der Waals surface area contributed by atoms with Crippen LogP contribution in [0.4, 0.5) is 13.2 Å². The third-order valence-corrected chi connectivity index (χ3v) is 5.45. The zero-order chi connectivity index (χ0) is 18.7. The Kier molecular flexibility index (Phi) is 5.62. The number of piperidine rings is 1. The Hall–Kier alpha value is -1.93. The number of hydrogen-bond acceptors (Lipinski definition) is 4. The van der Waals surface area contributed by atoms with Gasteiger partial charge in [0.15, 0.2) is 0 Å². The molecule has 8 heteroatoms. The lowest BCUT2D eigenvalue weighted by Gasteiger charge is -2.31. The molecule has 140 valence electrons. The average molecular weight is 383 g/mol. The summed E-state index contributed by atoms with van der Waals surface area (Å²) in [5.41, 5.74) is -0.0456. The lowest BCUT2D eigenvalue weighted by molar-refractivity contribution is -0.137. The smallest absolute Gasteiger partial charge is 0.337 e. The first-order valence-corrected chi connectivity index (χ1v) is 9.33. The van der Waals surface area contributed by atoms with Gasteiger partial charge in [-0.2, -0.15) is 13.2 Å².